The van der Waals surface area contributed by atoms with Crippen LogP contribution < -0.4 is 10.6 Å². The summed E-state index contributed by atoms with van der Waals surface area (Å²) < 4.78 is 0. The zero-order valence-corrected chi connectivity index (χ0v) is 13.0. The van der Waals surface area contributed by atoms with E-state index in [-0.39, 0.29) is 17.5 Å². The van der Waals surface area contributed by atoms with Gasteiger partial charge in [-0.1, -0.05) is 42.5 Å². The molecule has 0 radical (unpaired) electrons. The number of phenols is 1. The molecule has 5 heteroatoms. The summed E-state index contributed by atoms with van der Waals surface area (Å²) in [5.74, 6) is -1.59. The maximum Gasteiger partial charge on any atom is 0.313 e. The van der Waals surface area contributed by atoms with Crippen molar-refractivity contribution in [2.75, 3.05) is 5.32 Å². The lowest BCUT2D eigenvalue weighted by atomic mass is 10.1. The number of aromatic hydroxyl groups is 1. The van der Waals surface area contributed by atoms with E-state index in [9.17, 15) is 14.7 Å². The first-order chi connectivity index (χ1) is 11.1. The molecule has 0 saturated carbocycles. The summed E-state index contributed by atoms with van der Waals surface area (Å²) in [5, 5.41) is 14.6. The van der Waals surface area contributed by atoms with E-state index in [0.717, 1.165) is 12.8 Å². The Hall–Kier alpha value is -2.82. The topological polar surface area (TPSA) is 78.4 Å². The third kappa shape index (κ3) is 5.14. The number of hydrogen-bond donors (Lipinski definition) is 3. The standard InChI is InChI=1S/C18H20N2O3/c1-13(11-12-14-7-3-2-4-8-14)19-17(22)18(23)20-15-9-5-6-10-16(15)21/h2-10,13,21H,11-12H2,1H3,(H,19,22)(H,20,23)/t13-/m0/s1. The van der Waals surface area contributed by atoms with E-state index in [1.54, 1.807) is 12.1 Å². The highest BCUT2D eigenvalue weighted by molar-refractivity contribution is 6.39. The zero-order valence-electron chi connectivity index (χ0n) is 13.0. The Kier molecular flexibility index (Phi) is 5.74. The quantitative estimate of drug-likeness (QED) is 0.586. The Bertz CT molecular complexity index is 671. The number of carbonyl (C=O) groups excluding carboxylic acids is 2. The zero-order chi connectivity index (χ0) is 16.7. The summed E-state index contributed by atoms with van der Waals surface area (Å²) in [5.41, 5.74) is 1.40. The summed E-state index contributed by atoms with van der Waals surface area (Å²) >= 11 is 0. The number of carbonyl (C=O) groups is 2. The SMILES string of the molecule is C[C@@H](CCc1ccccc1)NC(=O)C(=O)Nc1ccccc1O. The van der Waals surface area contributed by atoms with Gasteiger partial charge in [0.05, 0.1) is 5.69 Å². The maximum atomic E-state index is 11.9. The molecule has 0 fully saturated rings. The molecule has 0 aliphatic heterocycles. The Morgan fingerprint density at radius 2 is 1.65 bits per heavy atom. The summed E-state index contributed by atoms with van der Waals surface area (Å²) in [6.45, 7) is 1.86. The van der Waals surface area contributed by atoms with Crippen molar-refractivity contribution in [2.45, 2.75) is 25.8 Å². The van der Waals surface area contributed by atoms with Gasteiger partial charge in [-0.2, -0.15) is 0 Å². The number of hydrogen-bond acceptors (Lipinski definition) is 3. The summed E-state index contributed by atoms with van der Waals surface area (Å²) in [6, 6.07) is 16.1. The van der Waals surface area contributed by atoms with Crippen molar-refractivity contribution in [2.24, 2.45) is 0 Å². The van der Waals surface area contributed by atoms with E-state index in [1.807, 2.05) is 37.3 Å². The average Bonchev–Trinajstić information content (AvgIpc) is 2.56. The Labute approximate surface area is 135 Å². The van der Waals surface area contributed by atoms with Gasteiger partial charge in [-0.15, -0.1) is 0 Å². The lowest BCUT2D eigenvalue weighted by Gasteiger charge is -2.14. The lowest BCUT2D eigenvalue weighted by molar-refractivity contribution is -0.136. The number of amides is 2. The lowest BCUT2D eigenvalue weighted by Crippen LogP contribution is -2.40. The molecule has 120 valence electrons. The number of nitrogens with one attached hydrogen (secondary N) is 2. The minimum atomic E-state index is -0.793. The van der Waals surface area contributed by atoms with E-state index in [4.69, 9.17) is 0 Å². The highest BCUT2D eigenvalue weighted by Gasteiger charge is 2.17. The van der Waals surface area contributed by atoms with Crippen LogP contribution in [0.5, 0.6) is 5.75 Å². The van der Waals surface area contributed by atoms with Crippen molar-refractivity contribution < 1.29 is 14.7 Å². The number of rotatable bonds is 5. The molecule has 0 spiro atoms. The average molecular weight is 312 g/mol. The van der Waals surface area contributed by atoms with Crippen LogP contribution in [0, 0.1) is 0 Å². The molecule has 2 rings (SSSR count). The fraction of sp³-hybridized carbons (Fsp3) is 0.222. The minimum absolute atomic E-state index is 0.0780. The molecular formula is C18H20N2O3. The Morgan fingerprint density at radius 3 is 2.35 bits per heavy atom. The molecule has 0 aromatic heterocycles. The highest BCUT2D eigenvalue weighted by atomic mass is 16.3. The van der Waals surface area contributed by atoms with Gasteiger partial charge in [-0.3, -0.25) is 9.59 Å². The molecule has 5 nitrogen and oxygen atoms in total. The molecule has 0 bridgehead atoms. The van der Waals surface area contributed by atoms with E-state index in [0.29, 0.717) is 0 Å². The van der Waals surface area contributed by atoms with Crippen LogP contribution in [0.1, 0.15) is 18.9 Å². The first-order valence-corrected chi connectivity index (χ1v) is 7.50. The van der Waals surface area contributed by atoms with Crippen LogP contribution >= 0.6 is 0 Å². The van der Waals surface area contributed by atoms with E-state index < -0.39 is 11.8 Å². The summed E-state index contributed by atoms with van der Waals surface area (Å²) in [6.07, 6.45) is 1.56. The first-order valence-electron chi connectivity index (χ1n) is 7.50. The Balaban J connectivity index is 1.81. The molecule has 23 heavy (non-hydrogen) atoms. The van der Waals surface area contributed by atoms with Crippen LogP contribution in [-0.2, 0) is 16.0 Å². The smallest absolute Gasteiger partial charge is 0.313 e. The number of benzene rings is 2. The molecule has 2 aromatic rings. The van der Waals surface area contributed by atoms with Gasteiger partial charge in [0.2, 0.25) is 0 Å². The van der Waals surface area contributed by atoms with Gasteiger partial charge >= 0.3 is 11.8 Å². The second-order valence-electron chi connectivity index (χ2n) is 5.37. The normalized spacial score (nSPS) is 11.5. The van der Waals surface area contributed by atoms with Crippen LogP contribution in [0.15, 0.2) is 54.6 Å². The highest BCUT2D eigenvalue weighted by Crippen LogP contribution is 2.21. The molecular weight excluding hydrogens is 292 g/mol. The van der Waals surface area contributed by atoms with Gasteiger partial charge in [0.1, 0.15) is 5.75 Å². The summed E-state index contributed by atoms with van der Waals surface area (Å²) in [4.78, 5) is 23.7. The van der Waals surface area contributed by atoms with Crippen molar-refractivity contribution in [1.82, 2.24) is 5.32 Å². The number of aryl methyl sites for hydroxylation is 1. The van der Waals surface area contributed by atoms with Crippen molar-refractivity contribution in [3.05, 3.63) is 60.2 Å². The molecule has 0 heterocycles. The fourth-order valence-electron chi connectivity index (χ4n) is 2.15. The van der Waals surface area contributed by atoms with Gasteiger partial charge in [-0.25, -0.2) is 0 Å². The van der Waals surface area contributed by atoms with Crippen molar-refractivity contribution in [3.63, 3.8) is 0 Å². The molecule has 0 aliphatic carbocycles. The molecule has 2 aromatic carbocycles. The third-order valence-corrected chi connectivity index (χ3v) is 3.44. The molecule has 0 aliphatic rings. The van der Waals surface area contributed by atoms with Gasteiger partial charge in [0.25, 0.3) is 0 Å². The van der Waals surface area contributed by atoms with Crippen molar-refractivity contribution in [3.8, 4) is 5.75 Å². The second-order valence-corrected chi connectivity index (χ2v) is 5.37. The van der Waals surface area contributed by atoms with Gasteiger partial charge in [0, 0.05) is 6.04 Å². The largest absolute Gasteiger partial charge is 0.506 e. The number of phenolic OH excluding ortho intramolecular Hbond substituents is 1. The van der Waals surface area contributed by atoms with Crippen LogP contribution in [0.25, 0.3) is 0 Å². The van der Waals surface area contributed by atoms with Crippen LogP contribution in [0.3, 0.4) is 0 Å². The van der Waals surface area contributed by atoms with Gasteiger partial charge in [-0.05, 0) is 37.5 Å². The predicted molar refractivity (Wildman–Crippen MR) is 89.1 cm³/mol. The van der Waals surface area contributed by atoms with Crippen molar-refractivity contribution >= 4 is 17.5 Å². The molecule has 3 N–H and O–H groups in total. The molecule has 0 unspecified atom stereocenters. The van der Waals surface area contributed by atoms with E-state index in [2.05, 4.69) is 10.6 Å². The predicted octanol–water partition coefficient (Wildman–Crippen LogP) is 2.47. The molecule has 0 saturated heterocycles. The van der Waals surface area contributed by atoms with Crippen molar-refractivity contribution in [1.29, 1.82) is 0 Å². The number of anilines is 1. The number of para-hydroxylation sites is 2. The van der Waals surface area contributed by atoms with E-state index >= 15 is 0 Å². The van der Waals surface area contributed by atoms with Crippen LogP contribution in [0.2, 0.25) is 0 Å². The van der Waals surface area contributed by atoms with Crippen LogP contribution in [0.4, 0.5) is 5.69 Å². The van der Waals surface area contributed by atoms with Gasteiger partial charge < -0.3 is 15.7 Å². The van der Waals surface area contributed by atoms with E-state index in [1.165, 1.54) is 17.7 Å². The Morgan fingerprint density at radius 1 is 1.00 bits per heavy atom. The third-order valence-electron chi connectivity index (χ3n) is 3.44. The van der Waals surface area contributed by atoms with Gasteiger partial charge in [0.15, 0.2) is 0 Å². The molecule has 1 atom stereocenters. The fourth-order valence-corrected chi connectivity index (χ4v) is 2.15. The monoisotopic (exact) mass is 312 g/mol. The summed E-state index contributed by atoms with van der Waals surface area (Å²) in [7, 11) is 0. The second kappa shape index (κ2) is 7.98. The van der Waals surface area contributed by atoms with Crippen LogP contribution in [-0.4, -0.2) is 23.0 Å². The first kappa shape index (κ1) is 16.5. The maximum absolute atomic E-state index is 11.9. The minimum Gasteiger partial charge on any atom is -0.506 e. The molecule has 2 amide bonds.